The second-order valence-corrected chi connectivity index (χ2v) is 10.7. The van der Waals surface area contributed by atoms with Crippen molar-refractivity contribution >= 4 is 17.4 Å². The molecule has 1 aliphatic heterocycles. The van der Waals surface area contributed by atoms with Crippen molar-refractivity contribution in [3.05, 3.63) is 51.2 Å². The van der Waals surface area contributed by atoms with Gasteiger partial charge in [-0.3, -0.25) is 23.6 Å². The molecule has 1 saturated heterocycles. The zero-order valence-corrected chi connectivity index (χ0v) is 22.7. The number of aromatic nitrogens is 2. The van der Waals surface area contributed by atoms with Gasteiger partial charge in [0, 0.05) is 63.5 Å². The van der Waals surface area contributed by atoms with Crippen LogP contribution in [0.5, 0.6) is 5.75 Å². The van der Waals surface area contributed by atoms with Gasteiger partial charge in [0.1, 0.15) is 17.2 Å². The molecule has 9 heteroatoms. The summed E-state index contributed by atoms with van der Waals surface area (Å²) in [5.74, 6) is 1.38. The van der Waals surface area contributed by atoms with Crippen LogP contribution in [0.25, 0.3) is 0 Å². The Morgan fingerprint density at radius 2 is 1.56 bits per heavy atom. The summed E-state index contributed by atoms with van der Waals surface area (Å²) < 4.78 is 9.29. The average Bonchev–Trinajstić information content (AvgIpc) is 2.78. The van der Waals surface area contributed by atoms with Gasteiger partial charge in [-0.25, -0.2) is 4.79 Å². The first-order valence-electron chi connectivity index (χ1n) is 12.8. The van der Waals surface area contributed by atoms with Crippen LogP contribution >= 0.6 is 0 Å². The quantitative estimate of drug-likeness (QED) is 0.568. The fraction of sp³-hybridized carbons (Fsp3) is 0.593. The van der Waals surface area contributed by atoms with Crippen LogP contribution in [0.3, 0.4) is 0 Å². The topological polar surface area (TPSA) is 88.8 Å². The van der Waals surface area contributed by atoms with Gasteiger partial charge < -0.3 is 15.0 Å². The molecule has 2 heterocycles. The third kappa shape index (κ3) is 6.78. The van der Waals surface area contributed by atoms with Gasteiger partial charge in [0.25, 0.3) is 5.56 Å². The summed E-state index contributed by atoms with van der Waals surface area (Å²) in [5, 5.41) is 2.76. The molecule has 0 radical (unpaired) electrons. The predicted molar refractivity (Wildman–Crippen MR) is 144 cm³/mol. The zero-order chi connectivity index (χ0) is 26.6. The summed E-state index contributed by atoms with van der Waals surface area (Å²) in [5.41, 5.74) is -0.0937. The molecular formula is C27H41N5O4. The number of anilines is 2. The van der Waals surface area contributed by atoms with E-state index < -0.39 is 0 Å². The monoisotopic (exact) mass is 499 g/mol. The number of rotatable bonds is 9. The molecule has 2 aromatic rings. The largest absolute Gasteiger partial charge is 0.488 e. The van der Waals surface area contributed by atoms with E-state index in [-0.39, 0.29) is 34.8 Å². The Bertz CT molecular complexity index is 1160. The van der Waals surface area contributed by atoms with Gasteiger partial charge in [-0.2, -0.15) is 0 Å². The lowest BCUT2D eigenvalue weighted by molar-refractivity contribution is -0.114. The van der Waals surface area contributed by atoms with Gasteiger partial charge >= 0.3 is 5.69 Å². The van der Waals surface area contributed by atoms with Crippen LogP contribution in [0.15, 0.2) is 39.9 Å². The van der Waals surface area contributed by atoms with E-state index in [1.807, 2.05) is 52.0 Å². The molecule has 1 aromatic carbocycles. The van der Waals surface area contributed by atoms with E-state index in [4.69, 9.17) is 4.74 Å². The molecule has 0 atom stereocenters. The van der Waals surface area contributed by atoms with E-state index in [0.29, 0.717) is 5.82 Å². The molecular weight excluding hydrogens is 458 g/mol. The summed E-state index contributed by atoms with van der Waals surface area (Å²) in [6.45, 7) is 17.4. The molecule has 1 aliphatic rings. The minimum absolute atomic E-state index is 0.0404. The summed E-state index contributed by atoms with van der Waals surface area (Å²) in [6, 6.07) is 8.80. The van der Waals surface area contributed by atoms with Gasteiger partial charge in [0.2, 0.25) is 5.91 Å². The number of nitrogens with one attached hydrogen (secondary N) is 1. The molecule has 3 rings (SSSR count). The zero-order valence-electron chi connectivity index (χ0n) is 22.7. The van der Waals surface area contributed by atoms with E-state index in [2.05, 4.69) is 29.0 Å². The van der Waals surface area contributed by atoms with E-state index in [1.54, 1.807) is 10.6 Å². The highest BCUT2D eigenvalue weighted by atomic mass is 16.5. The molecule has 1 N–H and O–H groups in total. The smallest absolute Gasteiger partial charge is 0.333 e. The van der Waals surface area contributed by atoms with Gasteiger partial charge in [0.15, 0.2) is 0 Å². The SMILES string of the molecule is CC(=O)Nc1ccc(OC(C)(C)CCN2CCN(c3cc(=O)n(C(C)C)c(=O)n3C(C)C)CC2)cc1. The highest BCUT2D eigenvalue weighted by Gasteiger charge is 2.26. The van der Waals surface area contributed by atoms with Crippen LogP contribution in [0.1, 0.15) is 67.0 Å². The van der Waals surface area contributed by atoms with Crippen molar-refractivity contribution in [3.8, 4) is 5.75 Å². The molecule has 9 nitrogen and oxygen atoms in total. The molecule has 0 spiro atoms. The van der Waals surface area contributed by atoms with Crippen LogP contribution < -0.4 is 26.2 Å². The Labute approximate surface area is 213 Å². The molecule has 0 unspecified atom stereocenters. The average molecular weight is 500 g/mol. The van der Waals surface area contributed by atoms with Crippen molar-refractivity contribution < 1.29 is 9.53 Å². The van der Waals surface area contributed by atoms with Gasteiger partial charge in [-0.05, 0) is 72.2 Å². The van der Waals surface area contributed by atoms with E-state index >= 15 is 0 Å². The molecule has 1 fully saturated rings. The van der Waals surface area contributed by atoms with Crippen LogP contribution in [-0.2, 0) is 4.79 Å². The number of amides is 1. The highest BCUT2D eigenvalue weighted by Crippen LogP contribution is 2.24. The fourth-order valence-corrected chi connectivity index (χ4v) is 4.57. The fourth-order valence-electron chi connectivity index (χ4n) is 4.57. The predicted octanol–water partition coefficient (Wildman–Crippen LogP) is 3.50. The Balaban J connectivity index is 1.59. The molecule has 0 bridgehead atoms. The number of hydrogen-bond donors (Lipinski definition) is 1. The Morgan fingerprint density at radius 3 is 2.08 bits per heavy atom. The van der Waals surface area contributed by atoms with Gasteiger partial charge in [0.05, 0.1) is 0 Å². The van der Waals surface area contributed by atoms with Gasteiger partial charge in [-0.1, -0.05) is 0 Å². The van der Waals surface area contributed by atoms with Crippen molar-refractivity contribution in [1.29, 1.82) is 0 Å². The lowest BCUT2D eigenvalue weighted by atomic mass is 10.0. The second kappa shape index (κ2) is 11.3. The minimum atomic E-state index is -0.355. The second-order valence-electron chi connectivity index (χ2n) is 10.7. The molecule has 198 valence electrons. The van der Waals surface area contributed by atoms with Crippen molar-refractivity contribution in [2.24, 2.45) is 0 Å². The summed E-state index contributed by atoms with van der Waals surface area (Å²) in [6.07, 6.45) is 0.849. The normalized spacial score (nSPS) is 15.0. The molecule has 0 saturated carbocycles. The van der Waals surface area contributed by atoms with Crippen molar-refractivity contribution in [2.75, 3.05) is 42.9 Å². The van der Waals surface area contributed by atoms with E-state index in [1.165, 1.54) is 11.5 Å². The summed E-state index contributed by atoms with van der Waals surface area (Å²) in [7, 11) is 0. The van der Waals surface area contributed by atoms with Gasteiger partial charge in [-0.15, -0.1) is 0 Å². The molecule has 1 aromatic heterocycles. The van der Waals surface area contributed by atoms with E-state index in [9.17, 15) is 14.4 Å². The first-order valence-corrected chi connectivity index (χ1v) is 12.8. The minimum Gasteiger partial charge on any atom is -0.488 e. The van der Waals surface area contributed by atoms with Crippen LogP contribution in [0.4, 0.5) is 11.5 Å². The molecule has 36 heavy (non-hydrogen) atoms. The third-order valence-electron chi connectivity index (χ3n) is 6.48. The number of carbonyl (C=O) groups excluding carboxylic acids is 1. The lowest BCUT2D eigenvalue weighted by Crippen LogP contribution is -2.51. The van der Waals surface area contributed by atoms with Crippen LogP contribution in [-0.4, -0.2) is 58.3 Å². The Kier molecular flexibility index (Phi) is 8.66. The molecule has 1 amide bonds. The van der Waals surface area contributed by atoms with Crippen LogP contribution in [0.2, 0.25) is 0 Å². The van der Waals surface area contributed by atoms with E-state index in [0.717, 1.165) is 50.6 Å². The standard InChI is InChI=1S/C27H41N5O4/c1-19(2)31-24(18-25(34)32(20(3)4)26(31)35)30-16-14-29(15-17-30)13-12-27(6,7)36-23-10-8-22(9-11-23)28-21(5)33/h8-11,18-20H,12-17H2,1-7H3,(H,28,33). The first kappa shape index (κ1) is 27.5. The number of nitrogens with zero attached hydrogens (tertiary/aromatic N) is 4. The lowest BCUT2D eigenvalue weighted by Gasteiger charge is -2.38. The Hall–Kier alpha value is -3.07. The molecule has 0 aliphatic carbocycles. The number of benzene rings is 1. The number of piperazine rings is 1. The first-order chi connectivity index (χ1) is 16.9. The maximum atomic E-state index is 13.1. The van der Waals surface area contributed by atoms with Crippen molar-refractivity contribution in [1.82, 2.24) is 14.0 Å². The third-order valence-corrected chi connectivity index (χ3v) is 6.48. The highest BCUT2D eigenvalue weighted by molar-refractivity contribution is 5.88. The number of carbonyl (C=O) groups is 1. The number of hydrogen-bond acceptors (Lipinski definition) is 6. The summed E-state index contributed by atoms with van der Waals surface area (Å²) in [4.78, 5) is 41.5. The van der Waals surface area contributed by atoms with Crippen LogP contribution in [0, 0.1) is 0 Å². The van der Waals surface area contributed by atoms with Crippen molar-refractivity contribution in [2.45, 2.75) is 72.6 Å². The number of ether oxygens (including phenoxy) is 1. The Morgan fingerprint density at radius 1 is 0.972 bits per heavy atom. The maximum Gasteiger partial charge on any atom is 0.333 e. The van der Waals surface area contributed by atoms with Crippen molar-refractivity contribution in [3.63, 3.8) is 0 Å². The maximum absolute atomic E-state index is 13.1. The summed E-state index contributed by atoms with van der Waals surface area (Å²) >= 11 is 0.